The van der Waals surface area contributed by atoms with Crippen molar-refractivity contribution in [3.05, 3.63) is 35.4 Å². The molecule has 4 N–H and O–H groups in total. The summed E-state index contributed by atoms with van der Waals surface area (Å²) in [5, 5.41) is 0. The number of hydrogen-bond donors (Lipinski definition) is 2. The molecule has 16 heavy (non-hydrogen) atoms. The number of benzene rings is 1. The molecule has 0 saturated carbocycles. The molecule has 0 atom stereocenters. The highest BCUT2D eigenvalue weighted by Crippen LogP contribution is 2.26. The van der Waals surface area contributed by atoms with E-state index in [1.165, 1.54) is 24.0 Å². The highest BCUT2D eigenvalue weighted by Gasteiger charge is 2.10. The van der Waals surface area contributed by atoms with Crippen LogP contribution in [0.4, 0.5) is 0 Å². The molecule has 0 fully saturated rings. The van der Waals surface area contributed by atoms with Gasteiger partial charge in [-0.2, -0.15) is 0 Å². The molecule has 90 valence electrons. The fourth-order valence-corrected chi connectivity index (χ4v) is 2.04. The molecule has 0 aliphatic carbocycles. The monoisotopic (exact) mass is 220 g/mol. The number of nitrogens with two attached hydrogens (primary N) is 2. The van der Waals surface area contributed by atoms with Crippen LogP contribution >= 0.6 is 0 Å². The fourth-order valence-electron chi connectivity index (χ4n) is 2.04. The van der Waals surface area contributed by atoms with Gasteiger partial charge < -0.3 is 11.5 Å². The molecule has 0 aromatic heterocycles. The second kappa shape index (κ2) is 7.42. The van der Waals surface area contributed by atoms with Crippen LogP contribution < -0.4 is 11.5 Å². The lowest BCUT2D eigenvalue weighted by atomic mass is 9.89. The van der Waals surface area contributed by atoms with Gasteiger partial charge >= 0.3 is 0 Å². The maximum absolute atomic E-state index is 5.58. The van der Waals surface area contributed by atoms with Crippen LogP contribution in [0.2, 0.25) is 0 Å². The van der Waals surface area contributed by atoms with Crippen molar-refractivity contribution in [3.63, 3.8) is 0 Å². The quantitative estimate of drug-likeness (QED) is 0.742. The van der Waals surface area contributed by atoms with Gasteiger partial charge in [0.05, 0.1) is 0 Å². The third-order valence-corrected chi connectivity index (χ3v) is 3.06. The van der Waals surface area contributed by atoms with E-state index in [0.29, 0.717) is 5.92 Å². The van der Waals surface area contributed by atoms with Crippen LogP contribution in [0.5, 0.6) is 0 Å². The second-order valence-electron chi connectivity index (χ2n) is 4.47. The maximum Gasteiger partial charge on any atom is -0.00771 e. The van der Waals surface area contributed by atoms with Crippen molar-refractivity contribution in [1.82, 2.24) is 0 Å². The van der Waals surface area contributed by atoms with Gasteiger partial charge in [-0.05, 0) is 57.2 Å². The van der Waals surface area contributed by atoms with Crippen LogP contribution in [0.1, 0.15) is 42.7 Å². The molecular weight excluding hydrogens is 196 g/mol. The zero-order valence-corrected chi connectivity index (χ0v) is 10.3. The molecule has 0 saturated heterocycles. The zero-order chi connectivity index (χ0) is 11.8. The number of aryl methyl sites for hydroxylation is 1. The molecule has 1 aromatic rings. The van der Waals surface area contributed by atoms with Crippen LogP contribution in [0.3, 0.4) is 0 Å². The second-order valence-corrected chi connectivity index (χ2v) is 4.47. The van der Waals surface area contributed by atoms with Crippen molar-refractivity contribution in [3.8, 4) is 0 Å². The molecule has 0 amide bonds. The lowest BCUT2D eigenvalue weighted by molar-refractivity contribution is 0.540. The normalized spacial score (nSPS) is 11.0. The molecule has 0 radical (unpaired) electrons. The van der Waals surface area contributed by atoms with Gasteiger partial charge in [0.2, 0.25) is 0 Å². The molecule has 1 aromatic carbocycles. The summed E-state index contributed by atoms with van der Waals surface area (Å²) in [6.07, 6.45) is 4.56. The van der Waals surface area contributed by atoms with Crippen LogP contribution in [0.25, 0.3) is 0 Å². The van der Waals surface area contributed by atoms with Crippen molar-refractivity contribution in [1.29, 1.82) is 0 Å². The Morgan fingerprint density at radius 2 is 1.44 bits per heavy atom. The Balaban J connectivity index is 2.62. The van der Waals surface area contributed by atoms with E-state index in [-0.39, 0.29) is 0 Å². The minimum absolute atomic E-state index is 0.632. The molecule has 1 rings (SSSR count). The van der Waals surface area contributed by atoms with Crippen LogP contribution in [-0.2, 0) is 0 Å². The first-order chi connectivity index (χ1) is 7.77. The minimum atomic E-state index is 0.632. The van der Waals surface area contributed by atoms with E-state index in [2.05, 4.69) is 31.2 Å². The van der Waals surface area contributed by atoms with Gasteiger partial charge in [-0.15, -0.1) is 0 Å². The van der Waals surface area contributed by atoms with Gasteiger partial charge in [0.1, 0.15) is 0 Å². The minimum Gasteiger partial charge on any atom is -0.330 e. The summed E-state index contributed by atoms with van der Waals surface area (Å²) in [6.45, 7) is 3.69. The molecule has 0 heterocycles. The van der Waals surface area contributed by atoms with Gasteiger partial charge in [0, 0.05) is 0 Å². The average Bonchev–Trinajstić information content (AvgIpc) is 2.31. The molecule has 0 unspecified atom stereocenters. The Labute approximate surface area is 99.0 Å². The van der Waals surface area contributed by atoms with Crippen molar-refractivity contribution in [2.75, 3.05) is 13.1 Å². The molecule has 0 aliphatic heterocycles. The summed E-state index contributed by atoms with van der Waals surface area (Å²) < 4.78 is 0. The third-order valence-electron chi connectivity index (χ3n) is 3.06. The summed E-state index contributed by atoms with van der Waals surface area (Å²) in [5.41, 5.74) is 13.9. The lowest BCUT2D eigenvalue weighted by Gasteiger charge is -2.17. The van der Waals surface area contributed by atoms with E-state index in [4.69, 9.17) is 11.5 Å². The predicted molar refractivity (Wildman–Crippen MR) is 70.5 cm³/mol. The number of rotatable bonds is 7. The zero-order valence-electron chi connectivity index (χ0n) is 10.3. The van der Waals surface area contributed by atoms with Crippen LogP contribution in [0, 0.1) is 6.92 Å². The van der Waals surface area contributed by atoms with E-state index >= 15 is 0 Å². The predicted octanol–water partition coefficient (Wildman–Crippen LogP) is 2.56. The van der Waals surface area contributed by atoms with Gasteiger partial charge in [-0.3, -0.25) is 0 Å². The lowest BCUT2D eigenvalue weighted by Crippen LogP contribution is -2.07. The van der Waals surface area contributed by atoms with Crippen molar-refractivity contribution in [2.45, 2.75) is 38.5 Å². The molecular formula is C14H24N2. The molecule has 2 heteroatoms. The highest BCUT2D eigenvalue weighted by atomic mass is 14.5. The van der Waals surface area contributed by atoms with Gasteiger partial charge in [0.15, 0.2) is 0 Å². The van der Waals surface area contributed by atoms with Crippen LogP contribution in [0.15, 0.2) is 24.3 Å². The summed E-state index contributed by atoms with van der Waals surface area (Å²) in [5.74, 6) is 0.632. The Bertz CT molecular complexity index is 271. The first-order valence-electron chi connectivity index (χ1n) is 6.24. The van der Waals surface area contributed by atoms with Crippen molar-refractivity contribution < 1.29 is 0 Å². The molecule has 0 bridgehead atoms. The Kier molecular flexibility index (Phi) is 6.12. The first-order valence-corrected chi connectivity index (χ1v) is 6.24. The third kappa shape index (κ3) is 4.33. The summed E-state index contributed by atoms with van der Waals surface area (Å²) in [4.78, 5) is 0. The van der Waals surface area contributed by atoms with Gasteiger partial charge in [-0.25, -0.2) is 0 Å². The summed E-state index contributed by atoms with van der Waals surface area (Å²) in [7, 11) is 0. The van der Waals surface area contributed by atoms with Gasteiger partial charge in [0.25, 0.3) is 0 Å². The maximum atomic E-state index is 5.58. The molecule has 0 aliphatic rings. The Morgan fingerprint density at radius 3 is 1.88 bits per heavy atom. The first kappa shape index (κ1) is 13.2. The van der Waals surface area contributed by atoms with Crippen LogP contribution in [-0.4, -0.2) is 13.1 Å². The van der Waals surface area contributed by atoms with E-state index < -0.39 is 0 Å². The topological polar surface area (TPSA) is 52.0 Å². The Hall–Kier alpha value is -0.860. The van der Waals surface area contributed by atoms with E-state index in [1.807, 2.05) is 0 Å². The number of hydrogen-bond acceptors (Lipinski definition) is 2. The highest BCUT2D eigenvalue weighted by molar-refractivity contribution is 5.24. The molecule has 0 spiro atoms. The van der Waals surface area contributed by atoms with Crippen molar-refractivity contribution >= 4 is 0 Å². The Morgan fingerprint density at radius 1 is 0.938 bits per heavy atom. The smallest absolute Gasteiger partial charge is 0.00771 e. The molecule has 2 nitrogen and oxygen atoms in total. The standard InChI is InChI=1S/C14H24N2/c1-12-6-8-14(9-7-12)13(4-2-10-15)5-3-11-16/h6-9,13H,2-5,10-11,15-16H2,1H3. The summed E-state index contributed by atoms with van der Waals surface area (Å²) >= 11 is 0. The fraction of sp³-hybridized carbons (Fsp3) is 0.571. The van der Waals surface area contributed by atoms with E-state index in [9.17, 15) is 0 Å². The van der Waals surface area contributed by atoms with Gasteiger partial charge in [-0.1, -0.05) is 29.8 Å². The van der Waals surface area contributed by atoms with E-state index in [0.717, 1.165) is 25.9 Å². The van der Waals surface area contributed by atoms with E-state index in [1.54, 1.807) is 0 Å². The SMILES string of the molecule is Cc1ccc(C(CCCN)CCCN)cc1. The average molecular weight is 220 g/mol. The van der Waals surface area contributed by atoms with Crippen molar-refractivity contribution in [2.24, 2.45) is 11.5 Å². The summed E-state index contributed by atoms with van der Waals surface area (Å²) in [6, 6.07) is 8.86. The largest absolute Gasteiger partial charge is 0.330 e.